The largest absolute Gasteiger partial charge is 0.335 e. The van der Waals surface area contributed by atoms with E-state index in [0.717, 1.165) is 12.8 Å². The fourth-order valence-electron chi connectivity index (χ4n) is 10.7. The van der Waals surface area contributed by atoms with E-state index < -0.39 is 0 Å². The fraction of sp³-hybridized carbons (Fsp3) is 0.158. The molecule has 4 unspecified atom stereocenters. The standard InChI is InChI=1S/C57H45NS2/c1-57(2)49-32-30-43(58-53-45-17-9-11-19-51(45)59-55(53)56-54(58)46-18-10-12-20-52(46)60-56)35-48(49)44-31-29-42(34-50(44)57)47(41-27-25-40(26-28-41)38-15-7-4-8-16-38)33-36-21-23-39(24-22-36)37-13-5-3-6-14-37/h3-17,19-32,34-35,46-47,53,55H,18,33H2,1-2H3. The molecule has 0 saturated heterocycles. The van der Waals surface area contributed by atoms with Crippen molar-refractivity contribution in [2.45, 2.75) is 54.2 Å². The molecule has 5 aliphatic rings. The summed E-state index contributed by atoms with van der Waals surface area (Å²) in [6.45, 7) is 4.87. The molecular formula is C57H45NS2. The Hall–Kier alpha value is -5.74. The summed E-state index contributed by atoms with van der Waals surface area (Å²) in [6, 6.07) is 64.3. The van der Waals surface area contributed by atoms with Crippen molar-refractivity contribution in [3.8, 4) is 33.4 Å². The number of rotatable bonds is 7. The van der Waals surface area contributed by atoms with Gasteiger partial charge in [0, 0.05) is 38.4 Å². The van der Waals surface area contributed by atoms with E-state index in [1.807, 2.05) is 0 Å². The maximum atomic E-state index is 2.76. The Labute approximate surface area is 362 Å². The Morgan fingerprint density at radius 1 is 0.633 bits per heavy atom. The average Bonchev–Trinajstić information content (AvgIpc) is 4.02. The van der Waals surface area contributed by atoms with Crippen molar-refractivity contribution in [2.24, 2.45) is 5.92 Å². The van der Waals surface area contributed by atoms with Crippen molar-refractivity contribution < 1.29 is 0 Å². The van der Waals surface area contributed by atoms with E-state index in [-0.39, 0.29) is 11.3 Å². The summed E-state index contributed by atoms with van der Waals surface area (Å²) in [6.07, 6.45) is 8.99. The summed E-state index contributed by atoms with van der Waals surface area (Å²) < 4.78 is 0. The molecular weight excluding hydrogens is 763 g/mol. The van der Waals surface area contributed by atoms with Gasteiger partial charge in [0.15, 0.2) is 0 Å². The fourth-order valence-corrected chi connectivity index (χ4v) is 13.7. The van der Waals surface area contributed by atoms with Gasteiger partial charge in [0.2, 0.25) is 0 Å². The number of benzene rings is 7. The summed E-state index contributed by atoms with van der Waals surface area (Å²) in [5.74, 6) is 0.650. The number of nitrogens with zero attached hydrogens (tertiary/aromatic N) is 1. The van der Waals surface area contributed by atoms with Crippen molar-refractivity contribution in [3.05, 3.63) is 237 Å². The zero-order chi connectivity index (χ0) is 40.0. The highest BCUT2D eigenvalue weighted by molar-refractivity contribution is 8.09. The molecule has 0 N–H and O–H groups in total. The van der Waals surface area contributed by atoms with Gasteiger partial charge in [-0.15, -0.1) is 11.8 Å². The Bertz CT molecular complexity index is 2900. The molecule has 3 aliphatic heterocycles. The number of hydrogen-bond acceptors (Lipinski definition) is 3. The molecule has 0 saturated carbocycles. The maximum Gasteiger partial charge on any atom is 0.0768 e. The number of anilines is 1. The van der Waals surface area contributed by atoms with Gasteiger partial charge in [0.25, 0.3) is 0 Å². The van der Waals surface area contributed by atoms with Crippen LogP contribution in [0, 0.1) is 5.92 Å². The molecule has 0 amide bonds. The first-order valence-corrected chi connectivity index (χ1v) is 23.1. The lowest BCUT2D eigenvalue weighted by Crippen LogP contribution is -2.29. The first-order valence-electron chi connectivity index (χ1n) is 21.4. The molecule has 290 valence electrons. The minimum Gasteiger partial charge on any atom is -0.335 e. The second kappa shape index (κ2) is 14.2. The Kier molecular flexibility index (Phi) is 8.54. The highest BCUT2D eigenvalue weighted by atomic mass is 32.2. The molecule has 60 heavy (non-hydrogen) atoms. The van der Waals surface area contributed by atoms with Crippen LogP contribution >= 0.6 is 23.5 Å². The molecule has 2 aliphatic carbocycles. The van der Waals surface area contributed by atoms with Crippen LogP contribution in [0.15, 0.2) is 208 Å². The predicted molar refractivity (Wildman–Crippen MR) is 255 cm³/mol. The van der Waals surface area contributed by atoms with Crippen LogP contribution in [-0.2, 0) is 11.8 Å². The molecule has 0 aromatic heterocycles. The van der Waals surface area contributed by atoms with Crippen molar-refractivity contribution >= 4 is 29.2 Å². The van der Waals surface area contributed by atoms with E-state index in [9.17, 15) is 0 Å². The summed E-state index contributed by atoms with van der Waals surface area (Å²) in [4.78, 5) is 7.28. The van der Waals surface area contributed by atoms with Gasteiger partial charge in [-0.2, -0.15) is 0 Å². The SMILES string of the molecule is CC1(C)c2ccc(N3C4=C(SC5=CC=CCC54)C4Sc5ccccc5C43)cc2-c2ccc(C(Cc3ccc(-c4ccccc4)cc3)c3ccc(-c4ccccc4)cc3)cc21. The van der Waals surface area contributed by atoms with Crippen molar-refractivity contribution in [2.75, 3.05) is 4.90 Å². The zero-order valence-corrected chi connectivity index (χ0v) is 35.5. The van der Waals surface area contributed by atoms with E-state index in [2.05, 4.69) is 230 Å². The summed E-state index contributed by atoms with van der Waals surface area (Å²) in [7, 11) is 0. The van der Waals surface area contributed by atoms with Gasteiger partial charge in [-0.05, 0) is 103 Å². The Balaban J connectivity index is 0.931. The lowest BCUT2D eigenvalue weighted by Gasteiger charge is -2.34. The molecule has 3 heteroatoms. The average molecular weight is 808 g/mol. The normalized spacial score (nSPS) is 20.5. The lowest BCUT2D eigenvalue weighted by molar-refractivity contribution is 0.655. The topological polar surface area (TPSA) is 3.24 Å². The number of thioether (sulfide) groups is 2. The summed E-state index contributed by atoms with van der Waals surface area (Å²) >= 11 is 4.13. The van der Waals surface area contributed by atoms with E-state index in [1.54, 1.807) is 10.6 Å². The Morgan fingerprint density at radius 3 is 2.05 bits per heavy atom. The molecule has 12 rings (SSSR count). The van der Waals surface area contributed by atoms with Crippen LogP contribution in [0.5, 0.6) is 0 Å². The van der Waals surface area contributed by atoms with Crippen LogP contribution in [0.1, 0.15) is 65.6 Å². The molecule has 0 spiro atoms. The minimum absolute atomic E-state index is 0.126. The number of hydrogen-bond donors (Lipinski definition) is 0. The third-order valence-corrected chi connectivity index (χ3v) is 16.6. The molecule has 1 nitrogen and oxygen atoms in total. The van der Waals surface area contributed by atoms with Gasteiger partial charge in [-0.25, -0.2) is 0 Å². The zero-order valence-electron chi connectivity index (χ0n) is 33.9. The third kappa shape index (κ3) is 5.77. The Morgan fingerprint density at radius 2 is 1.30 bits per heavy atom. The number of fused-ring (bicyclic) bond motifs is 9. The molecule has 0 bridgehead atoms. The van der Waals surface area contributed by atoms with Gasteiger partial charge in [-0.3, -0.25) is 0 Å². The van der Waals surface area contributed by atoms with Crippen molar-refractivity contribution in [1.29, 1.82) is 0 Å². The number of allylic oxidation sites excluding steroid dienone is 4. The highest BCUT2D eigenvalue weighted by Crippen LogP contribution is 2.66. The van der Waals surface area contributed by atoms with Crippen LogP contribution in [0.25, 0.3) is 33.4 Å². The van der Waals surface area contributed by atoms with Crippen molar-refractivity contribution in [3.63, 3.8) is 0 Å². The van der Waals surface area contributed by atoms with E-state index >= 15 is 0 Å². The third-order valence-electron chi connectivity index (χ3n) is 13.8. The first-order chi connectivity index (χ1) is 29.5. The summed E-state index contributed by atoms with van der Waals surface area (Å²) in [5, 5.41) is 0.432. The van der Waals surface area contributed by atoms with E-state index in [4.69, 9.17) is 0 Å². The molecule has 0 fully saturated rings. The first kappa shape index (κ1) is 36.1. The molecule has 4 atom stereocenters. The van der Waals surface area contributed by atoms with Gasteiger partial charge in [0.05, 0.1) is 11.3 Å². The molecule has 0 radical (unpaired) electrons. The van der Waals surface area contributed by atoms with Crippen LogP contribution in [0.2, 0.25) is 0 Å². The molecule has 3 heterocycles. The van der Waals surface area contributed by atoms with Crippen molar-refractivity contribution in [1.82, 2.24) is 0 Å². The second-order valence-corrected chi connectivity index (χ2v) is 19.8. The lowest BCUT2D eigenvalue weighted by atomic mass is 9.79. The quantitative estimate of drug-likeness (QED) is 0.158. The van der Waals surface area contributed by atoms with E-state index in [0.29, 0.717) is 17.2 Å². The second-order valence-electron chi connectivity index (χ2n) is 17.5. The van der Waals surface area contributed by atoms with Gasteiger partial charge >= 0.3 is 0 Å². The molecule has 7 aromatic carbocycles. The maximum absolute atomic E-state index is 2.76. The van der Waals surface area contributed by atoms with Crippen LogP contribution in [0.4, 0.5) is 5.69 Å². The van der Waals surface area contributed by atoms with Gasteiger partial charge in [0.1, 0.15) is 0 Å². The minimum atomic E-state index is -0.126. The van der Waals surface area contributed by atoms with Gasteiger partial charge < -0.3 is 4.90 Å². The van der Waals surface area contributed by atoms with Crippen LogP contribution in [-0.4, -0.2) is 5.25 Å². The monoisotopic (exact) mass is 807 g/mol. The van der Waals surface area contributed by atoms with Crippen LogP contribution < -0.4 is 4.90 Å². The molecule has 7 aromatic rings. The highest BCUT2D eigenvalue weighted by Gasteiger charge is 2.53. The summed E-state index contributed by atoms with van der Waals surface area (Å²) in [5.41, 5.74) is 18.9. The van der Waals surface area contributed by atoms with Crippen LogP contribution in [0.3, 0.4) is 0 Å². The van der Waals surface area contributed by atoms with E-state index in [1.165, 1.54) is 82.2 Å². The smallest absolute Gasteiger partial charge is 0.0768 e. The van der Waals surface area contributed by atoms with Gasteiger partial charge in [-0.1, -0.05) is 195 Å². The predicted octanol–water partition coefficient (Wildman–Crippen LogP) is 15.2.